The fourth-order valence-electron chi connectivity index (χ4n) is 10.5. The molecule has 0 fully saturated rings. The number of furan rings is 2. The second-order valence-electron chi connectivity index (χ2n) is 16.0. The maximum Gasteiger partial charge on any atom is 0.178 e. The van der Waals surface area contributed by atoms with Crippen LogP contribution in [0.25, 0.3) is 98.9 Å². The Morgan fingerprint density at radius 2 is 0.915 bits per heavy atom. The summed E-state index contributed by atoms with van der Waals surface area (Å²) in [5, 5.41) is 9.13. The fraction of sp³-hybridized carbons (Fsp3) is 0.0370. The minimum atomic E-state index is 0.104. The highest BCUT2D eigenvalue weighted by Crippen LogP contribution is 2.52. The van der Waals surface area contributed by atoms with Crippen LogP contribution in [0.4, 0.5) is 11.4 Å². The molecular weight excluding hydrogens is 723 g/mol. The number of rotatable bonds is 3. The van der Waals surface area contributed by atoms with Crippen molar-refractivity contribution in [1.82, 2.24) is 9.13 Å². The van der Waals surface area contributed by atoms with E-state index >= 15 is 0 Å². The largest absolute Gasteiger partial charge is 0.452 e. The van der Waals surface area contributed by atoms with Gasteiger partial charge in [0.25, 0.3) is 0 Å². The first-order valence-corrected chi connectivity index (χ1v) is 20.3. The number of benzene rings is 8. The Morgan fingerprint density at radius 3 is 1.59 bits per heavy atom. The van der Waals surface area contributed by atoms with Gasteiger partial charge in [0, 0.05) is 66.1 Å². The summed E-state index contributed by atoms with van der Waals surface area (Å²) in [5.41, 5.74) is 13.7. The number of nitrogens with zero attached hydrogens (tertiary/aromatic N) is 3. The maximum absolute atomic E-state index is 7.21. The Morgan fingerprint density at radius 1 is 0.373 bits per heavy atom. The van der Waals surface area contributed by atoms with Crippen LogP contribution >= 0.6 is 0 Å². The third-order valence-electron chi connectivity index (χ3n) is 13.0. The average Bonchev–Trinajstić information content (AvgIpc) is 4.10. The Hall–Kier alpha value is -7.76. The van der Waals surface area contributed by atoms with Crippen molar-refractivity contribution in [2.75, 3.05) is 4.90 Å². The van der Waals surface area contributed by atoms with Gasteiger partial charge >= 0.3 is 0 Å². The van der Waals surface area contributed by atoms with Crippen LogP contribution in [0, 0.1) is 0 Å². The van der Waals surface area contributed by atoms with Crippen LogP contribution in [0.1, 0.15) is 11.5 Å². The number of fused-ring (bicyclic) bond motifs is 16. The molecule has 4 aromatic heterocycles. The van der Waals surface area contributed by atoms with Crippen LogP contribution in [0.3, 0.4) is 0 Å². The van der Waals surface area contributed by atoms with Gasteiger partial charge in [0.1, 0.15) is 5.58 Å². The van der Waals surface area contributed by atoms with Gasteiger partial charge in [-0.1, -0.05) is 115 Å². The van der Waals surface area contributed by atoms with E-state index in [-0.39, 0.29) is 12.0 Å². The highest BCUT2D eigenvalue weighted by Gasteiger charge is 2.39. The van der Waals surface area contributed by atoms with E-state index in [1.165, 1.54) is 54.9 Å². The zero-order valence-electron chi connectivity index (χ0n) is 31.7. The molecule has 12 aromatic rings. The number of aromatic nitrogens is 2. The summed E-state index contributed by atoms with van der Waals surface area (Å²) >= 11 is 0. The van der Waals surface area contributed by atoms with Crippen molar-refractivity contribution < 1.29 is 8.83 Å². The highest BCUT2D eigenvalue weighted by atomic mass is 16.4. The quantitative estimate of drug-likeness (QED) is 0.180. The Balaban J connectivity index is 1.05. The first-order valence-electron chi connectivity index (χ1n) is 20.3. The van der Waals surface area contributed by atoms with E-state index in [0.29, 0.717) is 0 Å². The van der Waals surface area contributed by atoms with Crippen molar-refractivity contribution in [1.29, 1.82) is 0 Å². The van der Waals surface area contributed by atoms with E-state index in [0.717, 1.165) is 60.9 Å². The molecule has 14 rings (SSSR count). The van der Waals surface area contributed by atoms with Gasteiger partial charge in [-0.2, -0.15) is 0 Å². The molecule has 0 spiro atoms. The molecule has 1 aliphatic heterocycles. The van der Waals surface area contributed by atoms with Gasteiger partial charge in [0.2, 0.25) is 0 Å². The van der Waals surface area contributed by atoms with Crippen LogP contribution in [0.5, 0.6) is 0 Å². The second-order valence-corrected chi connectivity index (χ2v) is 16.0. The van der Waals surface area contributed by atoms with Crippen LogP contribution in [0.2, 0.25) is 0 Å². The molecule has 0 bridgehead atoms. The summed E-state index contributed by atoms with van der Waals surface area (Å²) in [5.74, 6) is 0.235. The number of anilines is 2. The zero-order valence-corrected chi connectivity index (χ0v) is 31.7. The van der Waals surface area contributed by atoms with Crippen molar-refractivity contribution in [2.24, 2.45) is 0 Å². The summed E-state index contributed by atoms with van der Waals surface area (Å²) in [7, 11) is 0. The molecule has 59 heavy (non-hydrogen) atoms. The molecule has 5 nitrogen and oxygen atoms in total. The normalized spacial score (nSPS) is 16.3. The lowest BCUT2D eigenvalue weighted by atomic mass is 9.91. The average molecular weight is 756 g/mol. The Bertz CT molecular complexity index is 3720. The molecule has 276 valence electrons. The Kier molecular flexibility index (Phi) is 6.07. The van der Waals surface area contributed by atoms with E-state index in [1.54, 1.807) is 0 Å². The highest BCUT2D eigenvalue weighted by molar-refractivity contribution is 6.21. The maximum atomic E-state index is 7.21. The lowest BCUT2D eigenvalue weighted by Crippen LogP contribution is -2.28. The van der Waals surface area contributed by atoms with Gasteiger partial charge in [-0.25, -0.2) is 0 Å². The molecule has 0 amide bonds. The molecule has 1 aliphatic carbocycles. The summed E-state index contributed by atoms with van der Waals surface area (Å²) in [6.07, 6.45) is 9.02. The molecule has 5 heterocycles. The van der Waals surface area contributed by atoms with Crippen molar-refractivity contribution in [2.45, 2.75) is 12.0 Å². The lowest BCUT2D eigenvalue weighted by molar-refractivity contribution is 0.631. The van der Waals surface area contributed by atoms with Gasteiger partial charge in [-0.15, -0.1) is 0 Å². The van der Waals surface area contributed by atoms with Gasteiger partial charge in [-0.05, 0) is 78.4 Å². The predicted molar refractivity (Wildman–Crippen MR) is 243 cm³/mol. The number of hydrogen-bond acceptors (Lipinski definition) is 3. The second kappa shape index (κ2) is 11.4. The fourth-order valence-corrected chi connectivity index (χ4v) is 10.5. The monoisotopic (exact) mass is 755 g/mol. The van der Waals surface area contributed by atoms with Crippen molar-refractivity contribution in [3.63, 3.8) is 0 Å². The van der Waals surface area contributed by atoms with E-state index in [4.69, 9.17) is 8.83 Å². The van der Waals surface area contributed by atoms with E-state index in [1.807, 2.05) is 0 Å². The minimum Gasteiger partial charge on any atom is -0.452 e. The molecule has 2 atom stereocenters. The van der Waals surface area contributed by atoms with E-state index in [9.17, 15) is 0 Å². The van der Waals surface area contributed by atoms with E-state index in [2.05, 4.69) is 202 Å². The number of para-hydroxylation sites is 5. The van der Waals surface area contributed by atoms with Crippen molar-refractivity contribution >= 4 is 98.9 Å². The van der Waals surface area contributed by atoms with Crippen molar-refractivity contribution in [3.8, 4) is 11.4 Å². The lowest BCUT2D eigenvalue weighted by Gasteiger charge is -2.29. The minimum absolute atomic E-state index is 0.104. The molecule has 0 saturated carbocycles. The number of allylic oxidation sites excluding steroid dienone is 2. The first kappa shape index (κ1) is 31.3. The third-order valence-corrected chi connectivity index (χ3v) is 13.0. The number of hydrogen-bond donors (Lipinski definition) is 0. The van der Waals surface area contributed by atoms with Crippen LogP contribution in [0.15, 0.2) is 197 Å². The van der Waals surface area contributed by atoms with Gasteiger partial charge in [-0.3, -0.25) is 0 Å². The van der Waals surface area contributed by atoms with E-state index < -0.39 is 0 Å². The summed E-state index contributed by atoms with van der Waals surface area (Å²) in [6, 6.07) is 59.3. The Labute approximate surface area is 337 Å². The molecule has 0 N–H and O–H groups in total. The third kappa shape index (κ3) is 4.13. The summed E-state index contributed by atoms with van der Waals surface area (Å²) in [4.78, 5) is 2.50. The van der Waals surface area contributed by atoms with Crippen LogP contribution in [-0.2, 0) is 0 Å². The summed E-state index contributed by atoms with van der Waals surface area (Å²) < 4.78 is 18.8. The summed E-state index contributed by atoms with van der Waals surface area (Å²) in [6.45, 7) is 0. The van der Waals surface area contributed by atoms with Crippen LogP contribution < -0.4 is 4.90 Å². The zero-order chi connectivity index (χ0) is 38.3. The van der Waals surface area contributed by atoms with Gasteiger partial charge < -0.3 is 22.9 Å². The van der Waals surface area contributed by atoms with Crippen LogP contribution in [-0.4, -0.2) is 15.2 Å². The molecule has 2 unspecified atom stereocenters. The van der Waals surface area contributed by atoms with Crippen molar-refractivity contribution in [3.05, 3.63) is 194 Å². The molecule has 0 radical (unpaired) electrons. The topological polar surface area (TPSA) is 39.4 Å². The van der Waals surface area contributed by atoms with Gasteiger partial charge in [0.05, 0.1) is 33.8 Å². The molecular formula is C54H33N3O2. The molecule has 8 aromatic carbocycles. The SMILES string of the molecule is C1=CC2c3ccccc3N(c3cc(-n4c5ccccc5c5ccccc54)cc4c3oc3c4ccc4c5cc(-n6c7ccccc7c7ccccc76)ccc5oc43)C2C=C1. The first-order chi connectivity index (χ1) is 29.3. The van der Waals surface area contributed by atoms with Gasteiger partial charge in [0.15, 0.2) is 16.7 Å². The molecule has 2 aliphatic rings. The molecule has 5 heteroatoms. The predicted octanol–water partition coefficient (Wildman–Crippen LogP) is 14.4. The molecule has 0 saturated heterocycles. The standard InChI is InChI=1S/C54H33N3O2/c1-7-19-44-34(13-1)35-14-2-8-20-45(35)55(44)32-25-28-51-42(29-32)40-26-27-41-43-30-33(56-46-21-9-3-15-36(46)37-16-4-10-22-47(37)56)31-50(52(43)59-54(41)53(40)58-51)57-48-23-11-5-17-38(48)39-18-6-12-24-49(39)57/h1-31,38,48H. The smallest absolute Gasteiger partial charge is 0.178 e.